The Hall–Kier alpha value is -1.86. The van der Waals surface area contributed by atoms with Crippen LogP contribution in [-0.2, 0) is 9.53 Å². The Morgan fingerprint density at radius 2 is 2.33 bits per heavy atom. The van der Waals surface area contributed by atoms with Gasteiger partial charge in [0, 0.05) is 23.2 Å². The van der Waals surface area contributed by atoms with Gasteiger partial charge in [-0.1, -0.05) is 6.07 Å². The second-order valence-electron chi connectivity index (χ2n) is 6.08. The maximum Gasteiger partial charge on any atom is 0.337 e. The molecule has 2 atom stereocenters. The topological polar surface area (TPSA) is 70.7 Å². The second kappa shape index (κ2) is 7.36. The van der Waals surface area contributed by atoms with E-state index >= 15 is 0 Å². The summed E-state index contributed by atoms with van der Waals surface area (Å²) in [4.78, 5) is 27.9. The Kier molecular flexibility index (Phi) is 5.20. The number of hydrogen-bond acceptors (Lipinski definition) is 5. The first-order valence-electron chi connectivity index (χ1n) is 8.35. The molecule has 1 saturated heterocycles. The highest BCUT2D eigenvalue weighted by Gasteiger charge is 2.33. The molecular weight excluding hydrogens is 326 g/mol. The summed E-state index contributed by atoms with van der Waals surface area (Å²) in [6, 6.07) is 3.95. The lowest BCUT2D eigenvalue weighted by molar-refractivity contribution is -0.139. The fourth-order valence-corrected chi connectivity index (χ4v) is 4.32. The predicted octanol–water partition coefficient (Wildman–Crippen LogP) is 2.40. The number of urea groups is 1. The van der Waals surface area contributed by atoms with Crippen molar-refractivity contribution in [3.05, 3.63) is 33.7 Å². The summed E-state index contributed by atoms with van der Waals surface area (Å²) in [5, 5.41) is 7.64. The number of likely N-dealkylation sites (tertiary alicyclic amines) is 1. The van der Waals surface area contributed by atoms with E-state index in [0.29, 0.717) is 30.5 Å². The summed E-state index contributed by atoms with van der Waals surface area (Å²) in [6.07, 6.45) is 2.22. The van der Waals surface area contributed by atoms with Crippen molar-refractivity contribution in [2.75, 3.05) is 19.7 Å². The van der Waals surface area contributed by atoms with Crippen LogP contribution in [-0.4, -0.2) is 42.6 Å². The molecule has 0 aromatic carbocycles. The molecule has 0 radical (unpaired) electrons. The molecule has 0 aliphatic carbocycles. The maximum absolute atomic E-state index is 12.3. The van der Waals surface area contributed by atoms with Crippen LogP contribution in [0, 0.1) is 0 Å². The third kappa shape index (κ3) is 3.47. The molecule has 2 unspecified atom stereocenters. The monoisotopic (exact) mass is 349 g/mol. The van der Waals surface area contributed by atoms with Gasteiger partial charge in [-0.2, -0.15) is 0 Å². The van der Waals surface area contributed by atoms with Crippen molar-refractivity contribution in [1.29, 1.82) is 0 Å². The molecule has 3 rings (SSSR count). The number of amides is 2. The fourth-order valence-electron chi connectivity index (χ4n) is 3.43. The zero-order valence-electron chi connectivity index (χ0n) is 14.0. The van der Waals surface area contributed by atoms with Crippen molar-refractivity contribution < 1.29 is 14.3 Å². The predicted molar refractivity (Wildman–Crippen MR) is 92.7 cm³/mol. The summed E-state index contributed by atoms with van der Waals surface area (Å²) >= 11 is 1.75. The number of rotatable bonds is 5. The van der Waals surface area contributed by atoms with Crippen LogP contribution < -0.4 is 10.6 Å². The van der Waals surface area contributed by atoms with Crippen LogP contribution >= 0.6 is 11.3 Å². The first-order chi connectivity index (χ1) is 11.6. The molecule has 1 fully saturated rings. The maximum atomic E-state index is 12.3. The Morgan fingerprint density at radius 1 is 1.50 bits per heavy atom. The number of hydrogen-bond donors (Lipinski definition) is 2. The molecule has 2 aliphatic heterocycles. The number of carbonyl (C=O) groups excluding carboxylic acids is 2. The standard InChI is InChI=1S/C17H23N3O3S/c1-3-23-16(21)15-11(2)18-17(22)19-12(15)10-20-8-4-6-13(20)14-7-5-9-24-14/h5,7,9,11,13H,3-4,6,8,10H2,1-2H3,(H2,18,19,22). The van der Waals surface area contributed by atoms with Gasteiger partial charge in [-0.3, -0.25) is 4.90 Å². The largest absolute Gasteiger partial charge is 0.463 e. The molecular formula is C17H23N3O3S. The normalized spacial score (nSPS) is 24.7. The first-order valence-corrected chi connectivity index (χ1v) is 9.23. The van der Waals surface area contributed by atoms with E-state index in [0.717, 1.165) is 19.4 Å². The van der Waals surface area contributed by atoms with Gasteiger partial charge in [0.1, 0.15) is 0 Å². The van der Waals surface area contributed by atoms with Gasteiger partial charge in [-0.05, 0) is 44.7 Å². The van der Waals surface area contributed by atoms with E-state index in [9.17, 15) is 9.59 Å². The summed E-state index contributed by atoms with van der Waals surface area (Å²) in [6.45, 7) is 5.42. The van der Waals surface area contributed by atoms with Crippen molar-refractivity contribution in [3.8, 4) is 0 Å². The number of nitrogens with zero attached hydrogens (tertiary/aromatic N) is 1. The molecule has 1 aromatic rings. The molecule has 2 aliphatic rings. The quantitative estimate of drug-likeness (QED) is 0.801. The van der Waals surface area contributed by atoms with Crippen LogP contribution in [0.2, 0.25) is 0 Å². The molecule has 2 amide bonds. The zero-order chi connectivity index (χ0) is 17.1. The summed E-state index contributed by atoms with van der Waals surface area (Å²) < 4.78 is 5.18. The van der Waals surface area contributed by atoms with Crippen molar-refractivity contribution in [3.63, 3.8) is 0 Å². The molecule has 0 bridgehead atoms. The van der Waals surface area contributed by atoms with Gasteiger partial charge in [0.05, 0.1) is 18.2 Å². The van der Waals surface area contributed by atoms with Gasteiger partial charge < -0.3 is 15.4 Å². The van der Waals surface area contributed by atoms with Crippen LogP contribution in [0.4, 0.5) is 4.79 Å². The minimum Gasteiger partial charge on any atom is -0.463 e. The number of carbonyl (C=O) groups is 2. The van der Waals surface area contributed by atoms with E-state index in [4.69, 9.17) is 4.74 Å². The Morgan fingerprint density at radius 3 is 3.04 bits per heavy atom. The van der Waals surface area contributed by atoms with Crippen molar-refractivity contribution in [2.45, 2.75) is 38.8 Å². The molecule has 1 aromatic heterocycles. The van der Waals surface area contributed by atoms with E-state index in [1.807, 2.05) is 6.92 Å². The van der Waals surface area contributed by atoms with Crippen LogP contribution in [0.3, 0.4) is 0 Å². The van der Waals surface area contributed by atoms with Gasteiger partial charge in [0.25, 0.3) is 0 Å². The highest BCUT2D eigenvalue weighted by atomic mass is 32.1. The minimum atomic E-state index is -0.362. The van der Waals surface area contributed by atoms with Crippen LogP contribution in [0.25, 0.3) is 0 Å². The summed E-state index contributed by atoms with van der Waals surface area (Å²) in [5.74, 6) is -0.362. The Labute approximate surface area is 145 Å². The van der Waals surface area contributed by atoms with Crippen LogP contribution in [0.5, 0.6) is 0 Å². The lowest BCUT2D eigenvalue weighted by Crippen LogP contribution is -2.51. The average molecular weight is 349 g/mol. The SMILES string of the molecule is CCOC(=O)C1=C(CN2CCCC2c2cccs2)NC(=O)NC1C. The molecule has 130 valence electrons. The molecule has 2 N–H and O–H groups in total. The fraction of sp³-hybridized carbons (Fsp3) is 0.529. The average Bonchev–Trinajstić information content (AvgIpc) is 3.17. The Bertz CT molecular complexity index is 642. The summed E-state index contributed by atoms with van der Waals surface area (Å²) in [5.41, 5.74) is 1.18. The zero-order valence-corrected chi connectivity index (χ0v) is 14.8. The van der Waals surface area contributed by atoms with E-state index in [1.165, 1.54) is 4.88 Å². The van der Waals surface area contributed by atoms with Crippen molar-refractivity contribution in [2.24, 2.45) is 0 Å². The molecule has 0 saturated carbocycles. The molecule has 7 heteroatoms. The molecule has 3 heterocycles. The Balaban J connectivity index is 1.85. The number of ether oxygens (including phenoxy) is 1. The van der Waals surface area contributed by atoms with Crippen molar-refractivity contribution in [1.82, 2.24) is 15.5 Å². The number of esters is 1. The lowest BCUT2D eigenvalue weighted by atomic mass is 10.0. The lowest BCUT2D eigenvalue weighted by Gasteiger charge is -2.31. The molecule has 0 spiro atoms. The van der Waals surface area contributed by atoms with Gasteiger partial charge in [0.2, 0.25) is 0 Å². The van der Waals surface area contributed by atoms with Gasteiger partial charge >= 0.3 is 12.0 Å². The van der Waals surface area contributed by atoms with Gasteiger partial charge in [-0.15, -0.1) is 11.3 Å². The third-order valence-electron chi connectivity index (χ3n) is 4.46. The van der Waals surface area contributed by atoms with Crippen LogP contribution in [0.1, 0.15) is 37.6 Å². The smallest absolute Gasteiger partial charge is 0.337 e. The van der Waals surface area contributed by atoms with E-state index < -0.39 is 0 Å². The minimum absolute atomic E-state index is 0.266. The first kappa shape index (κ1) is 17.0. The number of thiophene rings is 1. The van der Waals surface area contributed by atoms with Gasteiger partial charge in [-0.25, -0.2) is 9.59 Å². The van der Waals surface area contributed by atoms with Gasteiger partial charge in [0.15, 0.2) is 0 Å². The highest BCUT2D eigenvalue weighted by molar-refractivity contribution is 7.10. The second-order valence-corrected chi connectivity index (χ2v) is 7.06. The van der Waals surface area contributed by atoms with E-state index in [1.54, 1.807) is 18.3 Å². The number of nitrogens with one attached hydrogen (secondary N) is 2. The van der Waals surface area contributed by atoms with E-state index in [2.05, 4.69) is 33.0 Å². The van der Waals surface area contributed by atoms with E-state index in [-0.39, 0.29) is 18.0 Å². The van der Waals surface area contributed by atoms with Crippen LogP contribution in [0.15, 0.2) is 28.8 Å². The highest BCUT2D eigenvalue weighted by Crippen LogP contribution is 2.35. The molecule has 24 heavy (non-hydrogen) atoms. The third-order valence-corrected chi connectivity index (χ3v) is 5.44. The summed E-state index contributed by atoms with van der Waals surface area (Å²) in [7, 11) is 0. The molecule has 6 nitrogen and oxygen atoms in total. The van der Waals surface area contributed by atoms with Crippen molar-refractivity contribution >= 4 is 23.3 Å².